The molecule has 0 atom stereocenters. The molecule has 1 aliphatic heterocycles. The van der Waals surface area contributed by atoms with Crippen molar-refractivity contribution in [3.63, 3.8) is 0 Å². The van der Waals surface area contributed by atoms with Gasteiger partial charge >= 0.3 is 0 Å². The molecule has 0 saturated carbocycles. The number of hydrogen-bond acceptors (Lipinski definition) is 3. The lowest BCUT2D eigenvalue weighted by atomic mass is 10.1. The van der Waals surface area contributed by atoms with Crippen LogP contribution in [0.1, 0.15) is 40.3 Å². The number of rotatable bonds is 6. The van der Waals surface area contributed by atoms with E-state index in [9.17, 15) is 9.18 Å². The van der Waals surface area contributed by atoms with E-state index in [4.69, 9.17) is 9.84 Å². The molecular weight excluding hydrogens is 395 g/mol. The zero-order chi connectivity index (χ0) is 22.0. The van der Waals surface area contributed by atoms with Crippen molar-refractivity contribution in [2.24, 2.45) is 0 Å². The lowest BCUT2D eigenvalue weighted by Crippen LogP contribution is -2.31. The van der Waals surface area contributed by atoms with E-state index in [1.54, 1.807) is 19.2 Å². The van der Waals surface area contributed by atoms with Crippen LogP contribution in [-0.2, 0) is 24.4 Å². The van der Waals surface area contributed by atoms with Crippen molar-refractivity contribution in [2.75, 3.05) is 20.3 Å². The van der Waals surface area contributed by atoms with Crippen LogP contribution in [0.3, 0.4) is 0 Å². The summed E-state index contributed by atoms with van der Waals surface area (Å²) in [4.78, 5) is 15.3. The Bertz CT molecular complexity index is 1070. The Balaban J connectivity index is 1.54. The van der Waals surface area contributed by atoms with E-state index in [1.165, 1.54) is 12.1 Å². The summed E-state index contributed by atoms with van der Waals surface area (Å²) in [6, 6.07) is 10.4. The molecule has 6 nitrogen and oxygen atoms in total. The van der Waals surface area contributed by atoms with Crippen molar-refractivity contribution in [3.8, 4) is 11.3 Å². The van der Waals surface area contributed by atoms with Crippen LogP contribution in [0.25, 0.3) is 11.3 Å². The summed E-state index contributed by atoms with van der Waals surface area (Å²) in [5, 5.41) is 4.70. The number of hydrogen-bond donors (Lipinski definition) is 0. The highest BCUT2D eigenvalue weighted by atomic mass is 19.1. The molecule has 1 amide bonds. The van der Waals surface area contributed by atoms with Crippen LogP contribution in [0.15, 0.2) is 36.4 Å². The molecule has 2 aromatic heterocycles. The summed E-state index contributed by atoms with van der Waals surface area (Å²) in [5.41, 5.74) is 5.54. The van der Waals surface area contributed by atoms with Crippen molar-refractivity contribution in [1.29, 1.82) is 0 Å². The van der Waals surface area contributed by atoms with Gasteiger partial charge in [0.25, 0.3) is 5.91 Å². The zero-order valence-electron chi connectivity index (χ0n) is 18.4. The molecule has 0 N–H and O–H groups in total. The van der Waals surface area contributed by atoms with Gasteiger partial charge < -0.3 is 14.2 Å². The Kier molecular flexibility index (Phi) is 6.23. The van der Waals surface area contributed by atoms with Gasteiger partial charge in [-0.05, 0) is 63.1 Å². The molecule has 0 saturated heterocycles. The van der Waals surface area contributed by atoms with E-state index < -0.39 is 0 Å². The highest BCUT2D eigenvalue weighted by Crippen LogP contribution is 2.24. The summed E-state index contributed by atoms with van der Waals surface area (Å²) < 4.78 is 22.6. The standard InChI is InChI=1S/C24H29FN4O2/c1-17-14-22(18(2)28(17)11-5-13-31-3)24(30)27-10-4-12-29-21(16-27)15-23(26-29)19-6-8-20(25)9-7-19/h6-9,14-15H,4-5,10-13,16H2,1-3H3. The first-order valence-corrected chi connectivity index (χ1v) is 10.8. The summed E-state index contributed by atoms with van der Waals surface area (Å²) >= 11 is 0. The second-order valence-electron chi connectivity index (χ2n) is 8.11. The van der Waals surface area contributed by atoms with Gasteiger partial charge in [0, 0.05) is 50.3 Å². The number of fused-ring (bicyclic) bond motifs is 1. The first-order chi connectivity index (χ1) is 15.0. The van der Waals surface area contributed by atoms with Crippen molar-refractivity contribution >= 4 is 5.91 Å². The fourth-order valence-electron chi connectivity index (χ4n) is 4.30. The molecule has 0 aliphatic carbocycles. The van der Waals surface area contributed by atoms with Crippen molar-refractivity contribution in [2.45, 2.75) is 46.3 Å². The Labute approximate surface area is 182 Å². The Morgan fingerprint density at radius 3 is 2.68 bits per heavy atom. The van der Waals surface area contributed by atoms with Crippen LogP contribution in [0.4, 0.5) is 4.39 Å². The Morgan fingerprint density at radius 2 is 1.94 bits per heavy atom. The van der Waals surface area contributed by atoms with Crippen molar-refractivity contribution in [1.82, 2.24) is 19.2 Å². The number of ether oxygens (including phenoxy) is 1. The minimum atomic E-state index is -0.263. The maximum absolute atomic E-state index is 13.4. The largest absolute Gasteiger partial charge is 0.385 e. The number of aromatic nitrogens is 3. The van der Waals surface area contributed by atoms with Gasteiger partial charge in [0.1, 0.15) is 5.82 Å². The molecule has 4 rings (SSSR count). The van der Waals surface area contributed by atoms with Gasteiger partial charge in [-0.2, -0.15) is 5.10 Å². The smallest absolute Gasteiger partial charge is 0.256 e. The number of carbonyl (C=O) groups excluding carboxylic acids is 1. The second-order valence-corrected chi connectivity index (χ2v) is 8.11. The molecule has 0 unspecified atom stereocenters. The lowest BCUT2D eigenvalue weighted by Gasteiger charge is -2.20. The van der Waals surface area contributed by atoms with Crippen molar-refractivity contribution < 1.29 is 13.9 Å². The van der Waals surface area contributed by atoms with Gasteiger partial charge in [-0.15, -0.1) is 0 Å². The van der Waals surface area contributed by atoms with Crippen LogP contribution in [0, 0.1) is 19.7 Å². The first-order valence-electron chi connectivity index (χ1n) is 10.8. The number of amides is 1. The molecule has 1 aromatic carbocycles. The molecule has 1 aliphatic rings. The van der Waals surface area contributed by atoms with Crippen LogP contribution in [0.2, 0.25) is 0 Å². The highest BCUT2D eigenvalue weighted by molar-refractivity contribution is 5.95. The monoisotopic (exact) mass is 424 g/mol. The third kappa shape index (κ3) is 4.42. The lowest BCUT2D eigenvalue weighted by molar-refractivity contribution is 0.0745. The maximum Gasteiger partial charge on any atom is 0.256 e. The van der Waals surface area contributed by atoms with Gasteiger partial charge in [0.15, 0.2) is 0 Å². The van der Waals surface area contributed by atoms with Crippen LogP contribution >= 0.6 is 0 Å². The number of nitrogens with zero attached hydrogens (tertiary/aromatic N) is 4. The number of methoxy groups -OCH3 is 1. The second kappa shape index (κ2) is 9.06. The third-order valence-corrected chi connectivity index (χ3v) is 5.98. The maximum atomic E-state index is 13.4. The highest BCUT2D eigenvalue weighted by Gasteiger charge is 2.25. The fraction of sp³-hybridized carbons (Fsp3) is 0.417. The van der Waals surface area contributed by atoms with Crippen LogP contribution < -0.4 is 0 Å². The molecule has 0 radical (unpaired) electrons. The van der Waals surface area contributed by atoms with E-state index >= 15 is 0 Å². The zero-order valence-corrected chi connectivity index (χ0v) is 18.4. The van der Waals surface area contributed by atoms with Crippen molar-refractivity contribution in [3.05, 3.63) is 64.9 Å². The van der Waals surface area contributed by atoms with E-state index in [0.29, 0.717) is 19.7 Å². The summed E-state index contributed by atoms with van der Waals surface area (Å²) in [6.45, 7) is 7.57. The van der Waals surface area contributed by atoms with Gasteiger partial charge in [-0.3, -0.25) is 9.48 Å². The molecular formula is C24H29FN4O2. The van der Waals surface area contributed by atoms with Gasteiger partial charge in [0.05, 0.1) is 23.5 Å². The van der Waals surface area contributed by atoms with Gasteiger partial charge in [-0.1, -0.05) is 0 Å². The topological polar surface area (TPSA) is 52.3 Å². The van der Waals surface area contributed by atoms with E-state index in [2.05, 4.69) is 4.57 Å². The number of benzene rings is 1. The predicted octanol–water partition coefficient (Wildman–Crippen LogP) is 4.19. The summed E-state index contributed by atoms with van der Waals surface area (Å²) in [7, 11) is 1.70. The molecule has 0 bridgehead atoms. The first kappa shape index (κ1) is 21.3. The number of carbonyl (C=O) groups is 1. The SMILES string of the molecule is COCCCn1c(C)cc(C(=O)N2CCCn3nc(-c4ccc(F)cc4)cc3C2)c1C. The third-order valence-electron chi connectivity index (χ3n) is 5.98. The number of halogens is 1. The predicted molar refractivity (Wildman–Crippen MR) is 117 cm³/mol. The summed E-state index contributed by atoms with van der Waals surface area (Å²) in [5.74, 6) is -0.204. The molecule has 0 spiro atoms. The quantitative estimate of drug-likeness (QED) is 0.558. The Morgan fingerprint density at radius 1 is 1.16 bits per heavy atom. The molecule has 0 fully saturated rings. The number of aryl methyl sites for hydroxylation is 2. The molecule has 31 heavy (non-hydrogen) atoms. The molecule has 3 heterocycles. The summed E-state index contributed by atoms with van der Waals surface area (Å²) in [6.07, 6.45) is 1.76. The average Bonchev–Trinajstić information content (AvgIpc) is 3.21. The van der Waals surface area contributed by atoms with Gasteiger partial charge in [-0.25, -0.2) is 4.39 Å². The fourth-order valence-corrected chi connectivity index (χ4v) is 4.30. The van der Waals surface area contributed by atoms with E-state index in [1.807, 2.05) is 35.6 Å². The van der Waals surface area contributed by atoms with E-state index in [0.717, 1.165) is 59.8 Å². The molecule has 164 valence electrons. The average molecular weight is 425 g/mol. The van der Waals surface area contributed by atoms with E-state index in [-0.39, 0.29) is 11.7 Å². The van der Waals surface area contributed by atoms with Crippen LogP contribution in [-0.4, -0.2) is 45.4 Å². The van der Waals surface area contributed by atoms with Crippen LogP contribution in [0.5, 0.6) is 0 Å². The van der Waals surface area contributed by atoms with Gasteiger partial charge in [0.2, 0.25) is 0 Å². The normalized spacial score (nSPS) is 13.9. The molecule has 3 aromatic rings. The Hall–Kier alpha value is -2.93. The minimum Gasteiger partial charge on any atom is -0.385 e. The molecule has 7 heteroatoms. The minimum absolute atomic E-state index is 0.0593.